The van der Waals surface area contributed by atoms with Crippen molar-refractivity contribution in [1.29, 1.82) is 0 Å². The van der Waals surface area contributed by atoms with Gasteiger partial charge in [0.15, 0.2) is 0 Å². The first-order valence-electron chi connectivity index (χ1n) is 12.1. The highest BCUT2D eigenvalue weighted by Crippen LogP contribution is 2.24. The van der Waals surface area contributed by atoms with Crippen LogP contribution in [0.3, 0.4) is 0 Å². The fourth-order valence-corrected chi connectivity index (χ4v) is 4.86. The lowest BCUT2D eigenvalue weighted by atomic mass is 9.89. The molecule has 1 saturated carbocycles. The van der Waals surface area contributed by atoms with Gasteiger partial charge >= 0.3 is 0 Å². The second-order valence-corrected chi connectivity index (χ2v) is 9.24. The Kier molecular flexibility index (Phi) is 7.76. The van der Waals surface area contributed by atoms with Gasteiger partial charge in [-0.3, -0.25) is 14.4 Å². The zero-order valence-corrected chi connectivity index (χ0v) is 19.1. The maximum absolute atomic E-state index is 13.2. The van der Waals surface area contributed by atoms with Gasteiger partial charge < -0.3 is 15.5 Å². The molecular formula is C27H33N3O3. The molecule has 1 saturated heterocycles. The molecule has 1 atom stereocenters. The summed E-state index contributed by atoms with van der Waals surface area (Å²) in [4.78, 5) is 40.1. The molecule has 0 radical (unpaired) electrons. The Balaban J connectivity index is 1.33. The first-order chi connectivity index (χ1) is 16.1. The summed E-state index contributed by atoms with van der Waals surface area (Å²) in [5.41, 5.74) is 1.66. The zero-order chi connectivity index (χ0) is 23.0. The van der Waals surface area contributed by atoms with E-state index >= 15 is 0 Å². The summed E-state index contributed by atoms with van der Waals surface area (Å²) in [5.74, 6) is 0.190. The van der Waals surface area contributed by atoms with Gasteiger partial charge in [-0.25, -0.2) is 0 Å². The van der Waals surface area contributed by atoms with Crippen LogP contribution < -0.4 is 10.6 Å². The molecular weight excluding hydrogens is 414 g/mol. The molecule has 174 valence electrons. The molecule has 1 aliphatic carbocycles. The van der Waals surface area contributed by atoms with Crippen molar-refractivity contribution in [2.75, 3.05) is 25.0 Å². The predicted octanol–water partition coefficient (Wildman–Crippen LogP) is 4.49. The summed E-state index contributed by atoms with van der Waals surface area (Å²) in [6.07, 6.45) is 7.86. The highest BCUT2D eigenvalue weighted by molar-refractivity contribution is 6.05. The van der Waals surface area contributed by atoms with Crippen LogP contribution in [0.15, 0.2) is 54.6 Å². The van der Waals surface area contributed by atoms with E-state index in [0.29, 0.717) is 35.8 Å². The fraction of sp³-hybridized carbons (Fsp3) is 0.444. The van der Waals surface area contributed by atoms with Gasteiger partial charge in [-0.2, -0.15) is 0 Å². The number of hydrogen-bond donors (Lipinski definition) is 2. The van der Waals surface area contributed by atoms with E-state index in [1.54, 1.807) is 41.3 Å². The Morgan fingerprint density at radius 1 is 0.848 bits per heavy atom. The van der Waals surface area contributed by atoms with E-state index < -0.39 is 0 Å². The number of amides is 3. The predicted molar refractivity (Wildman–Crippen MR) is 129 cm³/mol. The van der Waals surface area contributed by atoms with Crippen LogP contribution in [0.2, 0.25) is 0 Å². The van der Waals surface area contributed by atoms with E-state index in [9.17, 15) is 14.4 Å². The number of rotatable bonds is 6. The van der Waals surface area contributed by atoms with E-state index in [4.69, 9.17) is 0 Å². The van der Waals surface area contributed by atoms with Crippen LogP contribution in [0.5, 0.6) is 0 Å². The smallest absolute Gasteiger partial charge is 0.255 e. The van der Waals surface area contributed by atoms with Crippen molar-refractivity contribution < 1.29 is 14.4 Å². The van der Waals surface area contributed by atoms with Gasteiger partial charge in [-0.15, -0.1) is 0 Å². The molecule has 1 aliphatic heterocycles. The number of carbonyl (C=O) groups excluding carboxylic acids is 3. The number of carbonyl (C=O) groups is 3. The molecule has 3 amide bonds. The topological polar surface area (TPSA) is 78.5 Å². The molecule has 1 unspecified atom stereocenters. The van der Waals surface area contributed by atoms with Crippen LogP contribution in [-0.4, -0.2) is 42.3 Å². The monoisotopic (exact) mass is 447 g/mol. The summed E-state index contributed by atoms with van der Waals surface area (Å²) in [6.45, 7) is 1.84. The molecule has 33 heavy (non-hydrogen) atoms. The molecule has 4 rings (SSSR count). The highest BCUT2D eigenvalue weighted by atomic mass is 16.2. The normalized spacial score (nSPS) is 19.0. The quantitative estimate of drug-likeness (QED) is 0.685. The van der Waals surface area contributed by atoms with E-state index in [0.717, 1.165) is 19.4 Å². The van der Waals surface area contributed by atoms with E-state index in [2.05, 4.69) is 10.6 Å². The number of likely N-dealkylation sites (tertiary alicyclic amines) is 1. The molecule has 2 N–H and O–H groups in total. The Hall–Kier alpha value is -3.15. The number of nitrogens with one attached hydrogen (secondary N) is 2. The second kappa shape index (κ2) is 11.1. The number of benzene rings is 2. The number of hydrogen-bond acceptors (Lipinski definition) is 3. The molecule has 2 aliphatic rings. The number of anilines is 1. The molecule has 6 nitrogen and oxygen atoms in total. The molecule has 2 aromatic rings. The van der Waals surface area contributed by atoms with Crippen LogP contribution in [0, 0.1) is 11.8 Å². The van der Waals surface area contributed by atoms with Crippen molar-refractivity contribution in [1.82, 2.24) is 10.2 Å². The third-order valence-electron chi connectivity index (χ3n) is 6.77. The van der Waals surface area contributed by atoms with Gasteiger partial charge in [-0.05, 0) is 61.9 Å². The highest BCUT2D eigenvalue weighted by Gasteiger charge is 2.29. The van der Waals surface area contributed by atoms with Crippen LogP contribution >= 0.6 is 0 Å². The Bertz CT molecular complexity index is 970. The third-order valence-corrected chi connectivity index (χ3v) is 6.77. The van der Waals surface area contributed by atoms with E-state index in [1.165, 1.54) is 32.1 Å². The fourth-order valence-electron chi connectivity index (χ4n) is 4.86. The minimum absolute atomic E-state index is 0.0712. The van der Waals surface area contributed by atoms with Crippen LogP contribution in [0.25, 0.3) is 0 Å². The lowest BCUT2D eigenvalue weighted by Gasteiger charge is -2.32. The van der Waals surface area contributed by atoms with Gasteiger partial charge in [-0.1, -0.05) is 43.5 Å². The SMILES string of the molecule is O=C(Nc1cccc(C(=O)N2CCCC(C(=O)NCC3CCCCC3)C2)c1)c1ccccc1. The van der Waals surface area contributed by atoms with Crippen molar-refractivity contribution in [3.05, 3.63) is 65.7 Å². The van der Waals surface area contributed by atoms with Crippen LogP contribution in [0.1, 0.15) is 65.7 Å². The summed E-state index contributed by atoms with van der Waals surface area (Å²) in [6, 6.07) is 16.0. The van der Waals surface area contributed by atoms with Crippen molar-refractivity contribution >= 4 is 23.4 Å². The minimum Gasteiger partial charge on any atom is -0.356 e. The van der Waals surface area contributed by atoms with E-state index in [1.807, 2.05) is 18.2 Å². The van der Waals surface area contributed by atoms with Gasteiger partial charge in [0.25, 0.3) is 11.8 Å². The van der Waals surface area contributed by atoms with Crippen molar-refractivity contribution in [3.8, 4) is 0 Å². The molecule has 1 heterocycles. The van der Waals surface area contributed by atoms with Gasteiger partial charge in [0.1, 0.15) is 0 Å². The second-order valence-electron chi connectivity index (χ2n) is 9.24. The first kappa shape index (κ1) is 23.0. The molecule has 6 heteroatoms. The summed E-state index contributed by atoms with van der Waals surface area (Å²) in [5, 5.41) is 6.00. The summed E-state index contributed by atoms with van der Waals surface area (Å²) in [7, 11) is 0. The van der Waals surface area contributed by atoms with Crippen molar-refractivity contribution in [2.24, 2.45) is 11.8 Å². The molecule has 0 bridgehead atoms. The van der Waals surface area contributed by atoms with Gasteiger partial charge in [0.05, 0.1) is 5.92 Å². The van der Waals surface area contributed by atoms with Crippen LogP contribution in [-0.2, 0) is 4.79 Å². The van der Waals surface area contributed by atoms with Crippen LogP contribution in [0.4, 0.5) is 5.69 Å². The first-order valence-corrected chi connectivity index (χ1v) is 12.1. The third kappa shape index (κ3) is 6.21. The number of nitrogens with zero attached hydrogens (tertiary/aromatic N) is 1. The Labute approximate surface area is 195 Å². The zero-order valence-electron chi connectivity index (χ0n) is 19.1. The average Bonchev–Trinajstić information content (AvgIpc) is 2.88. The lowest BCUT2D eigenvalue weighted by Crippen LogP contribution is -2.46. The molecule has 2 aromatic carbocycles. The molecule has 0 aromatic heterocycles. The van der Waals surface area contributed by atoms with Crippen molar-refractivity contribution in [2.45, 2.75) is 44.9 Å². The largest absolute Gasteiger partial charge is 0.356 e. The summed E-state index contributed by atoms with van der Waals surface area (Å²) >= 11 is 0. The van der Waals surface area contributed by atoms with Gasteiger partial charge in [0, 0.05) is 36.4 Å². The Morgan fingerprint density at radius 2 is 1.61 bits per heavy atom. The number of piperidine rings is 1. The van der Waals surface area contributed by atoms with Gasteiger partial charge in [0.2, 0.25) is 5.91 Å². The average molecular weight is 448 g/mol. The maximum atomic E-state index is 13.2. The van der Waals surface area contributed by atoms with Crippen molar-refractivity contribution in [3.63, 3.8) is 0 Å². The standard InChI is InChI=1S/C27H33N3O3/c31-25(28-18-20-9-3-1-4-10-20)23-14-8-16-30(19-23)27(33)22-13-7-15-24(17-22)29-26(32)21-11-5-2-6-12-21/h2,5-7,11-13,15,17,20,23H,1,3-4,8-10,14,16,18-19H2,(H,28,31)(H,29,32). The maximum Gasteiger partial charge on any atom is 0.255 e. The molecule has 0 spiro atoms. The molecule has 2 fully saturated rings. The summed E-state index contributed by atoms with van der Waals surface area (Å²) < 4.78 is 0. The Morgan fingerprint density at radius 3 is 2.39 bits per heavy atom. The van der Waals surface area contributed by atoms with E-state index in [-0.39, 0.29) is 23.6 Å². The minimum atomic E-state index is -0.215. The lowest BCUT2D eigenvalue weighted by molar-refractivity contribution is -0.126.